The molecule has 3 aliphatic rings. The van der Waals surface area contributed by atoms with Crippen molar-refractivity contribution in [1.29, 1.82) is 0 Å². The van der Waals surface area contributed by atoms with Crippen molar-refractivity contribution in [2.75, 3.05) is 47.8 Å². The van der Waals surface area contributed by atoms with Crippen LogP contribution in [-0.2, 0) is 19.0 Å². The largest absolute Gasteiger partial charge is 0.496 e. The molecule has 1 aromatic rings. The molecule has 2 heterocycles. The fourth-order valence-corrected chi connectivity index (χ4v) is 4.00. The van der Waals surface area contributed by atoms with Gasteiger partial charge in [-0.05, 0) is 0 Å². The summed E-state index contributed by atoms with van der Waals surface area (Å²) in [5.41, 5.74) is -1.19. The first-order valence-corrected chi connectivity index (χ1v) is 9.91. The molecular weight excluding hydrogens is 416 g/mol. The summed E-state index contributed by atoms with van der Waals surface area (Å²) in [6, 6.07) is 1.54. The van der Waals surface area contributed by atoms with Crippen LogP contribution in [0, 0.1) is 5.92 Å². The minimum absolute atomic E-state index is 0.118. The van der Waals surface area contributed by atoms with Crippen molar-refractivity contribution in [3.63, 3.8) is 0 Å². The number of methoxy groups -OCH3 is 3. The van der Waals surface area contributed by atoms with Gasteiger partial charge >= 0.3 is 0 Å². The molecule has 164 valence electrons. The molecule has 0 radical (unpaired) electrons. The Bertz CT molecular complexity index is 850. The van der Waals surface area contributed by atoms with Crippen LogP contribution in [0.25, 0.3) is 0 Å². The van der Waals surface area contributed by atoms with Gasteiger partial charge in [0.15, 0.2) is 17.3 Å². The van der Waals surface area contributed by atoms with Gasteiger partial charge in [-0.2, -0.15) is 0 Å². The summed E-state index contributed by atoms with van der Waals surface area (Å²) in [4.78, 5) is 25.1. The lowest BCUT2D eigenvalue weighted by Crippen LogP contribution is -2.51. The number of hydrogen-bond donors (Lipinski definition) is 0. The van der Waals surface area contributed by atoms with E-state index in [9.17, 15) is 9.59 Å². The van der Waals surface area contributed by atoms with E-state index in [1.165, 1.54) is 33.5 Å². The van der Waals surface area contributed by atoms with Gasteiger partial charge in [0.05, 0.1) is 47.8 Å². The number of ketones is 2. The molecule has 0 amide bonds. The molecule has 1 fully saturated rings. The average molecular weight is 441 g/mol. The standard InChI is InChI=1S/C17H17ClO6.C4H8O2/c1-8-5-9(19)6-12(23-4)17(8)16(20)13-10(21-2)7-11(22-3)14(18)15(13)24-17;1-2-6-4-3-5-1/h6-8H,5H2,1-4H3;1-4H2/t8-,17+;/m1./s1. The predicted octanol–water partition coefficient (Wildman–Crippen LogP) is 2.84. The molecule has 8 nitrogen and oxygen atoms in total. The Balaban J connectivity index is 0.000000367. The maximum Gasteiger partial charge on any atom is 0.231 e. The van der Waals surface area contributed by atoms with Gasteiger partial charge in [-0.15, -0.1) is 0 Å². The summed E-state index contributed by atoms with van der Waals surface area (Å²) < 4.78 is 31.8. The van der Waals surface area contributed by atoms with E-state index in [0.29, 0.717) is 11.5 Å². The first kappa shape index (κ1) is 22.4. The molecular formula is C21H25ClO8. The van der Waals surface area contributed by atoms with E-state index in [4.69, 9.17) is 40.0 Å². The summed E-state index contributed by atoms with van der Waals surface area (Å²) >= 11 is 6.33. The number of hydrogen-bond acceptors (Lipinski definition) is 8. The quantitative estimate of drug-likeness (QED) is 0.708. The monoisotopic (exact) mass is 440 g/mol. The molecule has 4 rings (SSSR count). The highest BCUT2D eigenvalue weighted by molar-refractivity contribution is 6.35. The highest BCUT2D eigenvalue weighted by Gasteiger charge is 2.59. The van der Waals surface area contributed by atoms with Crippen molar-refractivity contribution >= 4 is 23.2 Å². The number of rotatable bonds is 3. The lowest BCUT2D eigenvalue weighted by atomic mass is 9.75. The van der Waals surface area contributed by atoms with Gasteiger partial charge < -0.3 is 28.4 Å². The third kappa shape index (κ3) is 3.75. The molecule has 1 aliphatic carbocycles. The number of Topliss-reactive ketones (excluding diaryl/α,β-unsaturated/α-hetero) is 1. The second kappa shape index (κ2) is 9.24. The highest BCUT2D eigenvalue weighted by Crippen LogP contribution is 2.54. The van der Waals surface area contributed by atoms with Crippen LogP contribution in [0.4, 0.5) is 0 Å². The van der Waals surface area contributed by atoms with Gasteiger partial charge in [0.25, 0.3) is 0 Å². The maximum atomic E-state index is 13.3. The average Bonchev–Trinajstić information content (AvgIpc) is 3.08. The van der Waals surface area contributed by atoms with E-state index in [-0.39, 0.29) is 40.1 Å². The molecule has 0 unspecified atom stereocenters. The van der Waals surface area contributed by atoms with Crippen LogP contribution in [0.5, 0.6) is 17.2 Å². The summed E-state index contributed by atoms with van der Waals surface area (Å²) in [5.74, 6) is 0.107. The molecule has 1 aromatic carbocycles. The van der Waals surface area contributed by atoms with Crippen LogP contribution in [0.1, 0.15) is 23.7 Å². The second-order valence-corrected chi connectivity index (χ2v) is 7.35. The lowest BCUT2D eigenvalue weighted by Gasteiger charge is -2.36. The lowest BCUT2D eigenvalue weighted by molar-refractivity contribution is -0.118. The van der Waals surface area contributed by atoms with Crippen molar-refractivity contribution in [3.8, 4) is 17.2 Å². The number of fused-ring (bicyclic) bond motifs is 1. The summed E-state index contributed by atoms with van der Waals surface area (Å²) in [6.45, 7) is 4.88. The minimum atomic E-state index is -1.42. The SMILES string of the molecule is C1COCCO1.COC1=CC(=O)C[C@@H](C)[C@]12Oc1c(Cl)c(OC)cc(OC)c1C2=O. The zero-order chi connectivity index (χ0) is 21.9. The van der Waals surface area contributed by atoms with Crippen molar-refractivity contribution < 1.29 is 38.0 Å². The smallest absolute Gasteiger partial charge is 0.231 e. The topological polar surface area (TPSA) is 89.5 Å². The predicted molar refractivity (Wildman–Crippen MR) is 108 cm³/mol. The fraction of sp³-hybridized carbons (Fsp3) is 0.524. The van der Waals surface area contributed by atoms with Gasteiger partial charge in [-0.1, -0.05) is 18.5 Å². The van der Waals surface area contributed by atoms with Gasteiger partial charge in [0, 0.05) is 24.5 Å². The zero-order valence-corrected chi connectivity index (χ0v) is 18.2. The number of carbonyl (C=O) groups is 2. The van der Waals surface area contributed by atoms with E-state index >= 15 is 0 Å². The Kier molecular flexibility index (Phi) is 6.90. The van der Waals surface area contributed by atoms with Crippen molar-refractivity contribution in [2.24, 2.45) is 5.92 Å². The summed E-state index contributed by atoms with van der Waals surface area (Å²) in [7, 11) is 4.31. The van der Waals surface area contributed by atoms with Gasteiger partial charge in [0.2, 0.25) is 11.4 Å². The Hall–Kier alpha value is -2.29. The van der Waals surface area contributed by atoms with Crippen LogP contribution >= 0.6 is 11.6 Å². The van der Waals surface area contributed by atoms with E-state index in [2.05, 4.69) is 0 Å². The van der Waals surface area contributed by atoms with Gasteiger partial charge in [0.1, 0.15) is 22.1 Å². The van der Waals surface area contributed by atoms with Crippen LogP contribution in [0.2, 0.25) is 5.02 Å². The van der Waals surface area contributed by atoms with Crippen molar-refractivity contribution in [3.05, 3.63) is 28.5 Å². The number of benzene rings is 1. The number of ether oxygens (including phenoxy) is 6. The second-order valence-electron chi connectivity index (χ2n) is 6.97. The summed E-state index contributed by atoms with van der Waals surface area (Å²) in [5, 5.41) is 0.179. The van der Waals surface area contributed by atoms with Gasteiger partial charge in [-0.25, -0.2) is 0 Å². The molecule has 2 atom stereocenters. The van der Waals surface area contributed by atoms with E-state index in [1.807, 2.05) is 0 Å². The van der Waals surface area contributed by atoms with Crippen LogP contribution < -0.4 is 14.2 Å². The number of carbonyl (C=O) groups excluding carboxylic acids is 2. The molecule has 0 bridgehead atoms. The van der Waals surface area contributed by atoms with Crippen molar-refractivity contribution in [2.45, 2.75) is 18.9 Å². The molecule has 0 aromatic heterocycles. The van der Waals surface area contributed by atoms with E-state index < -0.39 is 11.5 Å². The van der Waals surface area contributed by atoms with E-state index in [1.54, 1.807) is 6.92 Å². The molecule has 2 aliphatic heterocycles. The molecule has 30 heavy (non-hydrogen) atoms. The first-order chi connectivity index (χ1) is 14.4. The molecule has 0 N–H and O–H groups in total. The van der Waals surface area contributed by atoms with E-state index in [0.717, 1.165) is 26.4 Å². The van der Waals surface area contributed by atoms with Crippen molar-refractivity contribution in [1.82, 2.24) is 0 Å². The van der Waals surface area contributed by atoms with Crippen LogP contribution in [0.3, 0.4) is 0 Å². The van der Waals surface area contributed by atoms with Gasteiger partial charge in [-0.3, -0.25) is 9.59 Å². The maximum absolute atomic E-state index is 13.3. The first-order valence-electron chi connectivity index (χ1n) is 9.53. The van der Waals surface area contributed by atoms with Crippen LogP contribution in [0.15, 0.2) is 17.9 Å². The Morgan fingerprint density at radius 2 is 1.60 bits per heavy atom. The normalized spacial score (nSPS) is 25.0. The Morgan fingerprint density at radius 1 is 1.00 bits per heavy atom. The highest BCUT2D eigenvalue weighted by atomic mass is 35.5. The molecule has 1 saturated heterocycles. The third-order valence-electron chi connectivity index (χ3n) is 5.24. The Labute approximate surface area is 180 Å². The minimum Gasteiger partial charge on any atom is -0.496 e. The fourth-order valence-electron chi connectivity index (χ4n) is 3.74. The summed E-state index contributed by atoms with van der Waals surface area (Å²) in [6.07, 6.45) is 1.48. The Morgan fingerprint density at radius 3 is 2.10 bits per heavy atom. The molecule has 1 spiro atoms. The molecule has 9 heteroatoms. The molecule has 0 saturated carbocycles. The number of halogens is 1. The zero-order valence-electron chi connectivity index (χ0n) is 17.4. The van der Waals surface area contributed by atoms with Crippen LogP contribution in [-0.4, -0.2) is 64.9 Å². The number of allylic oxidation sites excluding steroid dienone is 1. The third-order valence-corrected chi connectivity index (χ3v) is 5.60.